The molecule has 0 N–H and O–H groups in total. The van der Waals surface area contributed by atoms with Crippen LogP contribution < -0.4 is 0 Å². The molecular weight excluding hydrogens is 172 g/mol. The van der Waals surface area contributed by atoms with Gasteiger partial charge in [0.1, 0.15) is 0 Å². The van der Waals surface area contributed by atoms with Crippen molar-refractivity contribution in [3.05, 3.63) is 9.81 Å². The molecule has 1 aliphatic heterocycles. The summed E-state index contributed by atoms with van der Waals surface area (Å²) in [6.07, 6.45) is 2.46. The summed E-state index contributed by atoms with van der Waals surface area (Å²) in [4.78, 5) is 3.27. The molecule has 2 heteroatoms. The molecule has 0 bridgehead atoms. The number of allylic oxidation sites excluding steroid dienone is 2. The van der Waals surface area contributed by atoms with E-state index in [9.17, 15) is 0 Å². The van der Waals surface area contributed by atoms with Gasteiger partial charge in [-0.1, -0.05) is 20.8 Å². The Bertz CT molecular complexity index is 161. The number of hydrogen-bond donors (Lipinski definition) is 0. The Hall–Kier alpha value is 0.440. The molecule has 0 aromatic carbocycles. The van der Waals surface area contributed by atoms with Crippen molar-refractivity contribution in [3.8, 4) is 0 Å². The van der Waals surface area contributed by atoms with E-state index >= 15 is 0 Å². The lowest BCUT2D eigenvalue weighted by atomic mass is 10.3. The fourth-order valence-electron chi connectivity index (χ4n) is 1.22. The predicted octanol–water partition coefficient (Wildman–Crippen LogP) is 3.89. The summed E-state index contributed by atoms with van der Waals surface area (Å²) in [5, 5.41) is 0.824. The summed E-state index contributed by atoms with van der Waals surface area (Å²) in [5.74, 6) is 1.30. The summed E-state index contributed by atoms with van der Waals surface area (Å²) < 4.78 is 0. The van der Waals surface area contributed by atoms with Crippen molar-refractivity contribution in [1.29, 1.82) is 0 Å². The zero-order valence-corrected chi connectivity index (χ0v) is 9.15. The van der Waals surface area contributed by atoms with Crippen LogP contribution in [0.5, 0.6) is 0 Å². The molecule has 64 valence electrons. The Morgan fingerprint density at radius 3 is 2.45 bits per heavy atom. The number of hydrogen-bond acceptors (Lipinski definition) is 2. The van der Waals surface area contributed by atoms with Crippen molar-refractivity contribution >= 4 is 23.5 Å². The predicted molar refractivity (Wildman–Crippen MR) is 57.1 cm³/mol. The molecule has 0 amide bonds. The summed E-state index contributed by atoms with van der Waals surface area (Å²) in [6.45, 7) is 6.84. The van der Waals surface area contributed by atoms with E-state index in [-0.39, 0.29) is 0 Å². The van der Waals surface area contributed by atoms with Crippen LogP contribution in [0.2, 0.25) is 0 Å². The van der Waals surface area contributed by atoms with Gasteiger partial charge in [-0.3, -0.25) is 0 Å². The number of rotatable bonds is 2. The van der Waals surface area contributed by atoms with Crippen molar-refractivity contribution in [2.75, 3.05) is 5.75 Å². The van der Waals surface area contributed by atoms with Crippen LogP contribution in [0.15, 0.2) is 9.81 Å². The molecule has 0 saturated heterocycles. The van der Waals surface area contributed by atoms with Gasteiger partial charge < -0.3 is 0 Å². The van der Waals surface area contributed by atoms with E-state index in [4.69, 9.17) is 0 Å². The third-order valence-electron chi connectivity index (χ3n) is 1.79. The highest BCUT2D eigenvalue weighted by Gasteiger charge is 2.16. The quantitative estimate of drug-likeness (QED) is 0.645. The average Bonchev–Trinajstić information content (AvgIpc) is 2.04. The highest BCUT2D eigenvalue weighted by atomic mass is 32.2. The SMILES string of the molecule is CCC1=C(CC)SC(C)CS1. The van der Waals surface area contributed by atoms with E-state index in [1.54, 1.807) is 9.81 Å². The zero-order valence-electron chi connectivity index (χ0n) is 7.52. The largest absolute Gasteiger partial charge is 0.129 e. The van der Waals surface area contributed by atoms with Crippen LogP contribution in [0.4, 0.5) is 0 Å². The molecule has 1 atom stereocenters. The molecule has 1 unspecified atom stereocenters. The topological polar surface area (TPSA) is 0 Å². The van der Waals surface area contributed by atoms with Gasteiger partial charge in [0.25, 0.3) is 0 Å². The molecular formula is C9H16S2. The van der Waals surface area contributed by atoms with Gasteiger partial charge in [-0.2, -0.15) is 0 Å². The van der Waals surface area contributed by atoms with E-state index in [2.05, 4.69) is 44.3 Å². The van der Waals surface area contributed by atoms with Crippen molar-refractivity contribution in [3.63, 3.8) is 0 Å². The second kappa shape index (κ2) is 4.46. The van der Waals surface area contributed by atoms with Gasteiger partial charge in [-0.25, -0.2) is 0 Å². The smallest absolute Gasteiger partial charge is 0.0157 e. The first-order valence-electron chi connectivity index (χ1n) is 4.29. The van der Waals surface area contributed by atoms with Crippen LogP contribution in [0.25, 0.3) is 0 Å². The normalized spacial score (nSPS) is 25.9. The van der Waals surface area contributed by atoms with Crippen molar-refractivity contribution in [2.45, 2.75) is 38.9 Å². The lowest BCUT2D eigenvalue weighted by Crippen LogP contribution is -2.06. The van der Waals surface area contributed by atoms with Crippen LogP contribution in [0.3, 0.4) is 0 Å². The van der Waals surface area contributed by atoms with E-state index in [0.717, 1.165) is 5.25 Å². The van der Waals surface area contributed by atoms with Crippen LogP contribution in [0.1, 0.15) is 33.6 Å². The number of thioether (sulfide) groups is 2. The molecule has 0 fully saturated rings. The Labute approximate surface area is 78.2 Å². The fourth-order valence-corrected chi connectivity index (χ4v) is 3.89. The first-order valence-corrected chi connectivity index (χ1v) is 6.15. The molecule has 0 spiro atoms. The maximum absolute atomic E-state index is 2.32. The van der Waals surface area contributed by atoms with Gasteiger partial charge in [0.15, 0.2) is 0 Å². The zero-order chi connectivity index (χ0) is 8.27. The van der Waals surface area contributed by atoms with Gasteiger partial charge in [0.05, 0.1) is 0 Å². The first-order chi connectivity index (χ1) is 5.27. The molecule has 0 aliphatic carbocycles. The van der Waals surface area contributed by atoms with Gasteiger partial charge in [-0.05, 0) is 22.7 Å². The van der Waals surface area contributed by atoms with Gasteiger partial charge in [-0.15, -0.1) is 23.5 Å². The van der Waals surface area contributed by atoms with E-state index in [1.807, 2.05) is 0 Å². The lowest BCUT2D eigenvalue weighted by molar-refractivity contribution is 1.07. The molecule has 0 saturated carbocycles. The minimum atomic E-state index is 0.824. The van der Waals surface area contributed by atoms with Crippen LogP contribution in [-0.4, -0.2) is 11.0 Å². The monoisotopic (exact) mass is 188 g/mol. The van der Waals surface area contributed by atoms with Crippen molar-refractivity contribution in [2.24, 2.45) is 0 Å². The summed E-state index contributed by atoms with van der Waals surface area (Å²) >= 11 is 4.14. The minimum Gasteiger partial charge on any atom is -0.129 e. The van der Waals surface area contributed by atoms with Gasteiger partial charge in [0, 0.05) is 11.0 Å². The Morgan fingerprint density at radius 2 is 1.91 bits per heavy atom. The van der Waals surface area contributed by atoms with Gasteiger partial charge in [0.2, 0.25) is 0 Å². The third-order valence-corrected chi connectivity index (χ3v) is 5.07. The lowest BCUT2D eigenvalue weighted by Gasteiger charge is -2.22. The molecule has 1 rings (SSSR count). The summed E-state index contributed by atoms with van der Waals surface area (Å²) in [7, 11) is 0. The van der Waals surface area contributed by atoms with E-state index in [0.29, 0.717) is 0 Å². The third kappa shape index (κ3) is 2.45. The molecule has 1 aliphatic rings. The van der Waals surface area contributed by atoms with Crippen molar-refractivity contribution in [1.82, 2.24) is 0 Å². The maximum atomic E-state index is 2.32. The highest BCUT2D eigenvalue weighted by molar-refractivity contribution is 8.10. The van der Waals surface area contributed by atoms with Crippen LogP contribution in [-0.2, 0) is 0 Å². The molecule has 0 aromatic heterocycles. The van der Waals surface area contributed by atoms with Crippen LogP contribution >= 0.6 is 23.5 Å². The fraction of sp³-hybridized carbons (Fsp3) is 0.778. The van der Waals surface area contributed by atoms with Crippen LogP contribution in [0, 0.1) is 0 Å². The molecule has 0 aromatic rings. The van der Waals surface area contributed by atoms with Gasteiger partial charge >= 0.3 is 0 Å². The second-order valence-electron chi connectivity index (χ2n) is 2.79. The molecule has 1 heterocycles. The van der Waals surface area contributed by atoms with E-state index in [1.165, 1.54) is 18.6 Å². The highest BCUT2D eigenvalue weighted by Crippen LogP contribution is 2.40. The molecule has 0 radical (unpaired) electrons. The molecule has 0 nitrogen and oxygen atoms in total. The first kappa shape index (κ1) is 9.53. The Morgan fingerprint density at radius 1 is 1.27 bits per heavy atom. The Kier molecular flexibility index (Phi) is 3.86. The summed E-state index contributed by atoms with van der Waals surface area (Å²) in [5.41, 5.74) is 0. The van der Waals surface area contributed by atoms with E-state index < -0.39 is 0 Å². The minimum absolute atomic E-state index is 0.824. The summed E-state index contributed by atoms with van der Waals surface area (Å²) in [6, 6.07) is 0. The molecule has 11 heavy (non-hydrogen) atoms. The standard InChI is InChI=1S/C9H16S2/c1-4-8-9(5-2)11-7(3)6-10-8/h7H,4-6H2,1-3H3. The Balaban J connectivity index is 2.67. The second-order valence-corrected chi connectivity index (χ2v) is 5.44. The average molecular weight is 188 g/mol. The van der Waals surface area contributed by atoms with Crippen molar-refractivity contribution < 1.29 is 0 Å². The maximum Gasteiger partial charge on any atom is 0.0157 e.